The molecule has 4 heterocycles. The summed E-state index contributed by atoms with van der Waals surface area (Å²) in [6, 6.07) is 5.66. The number of hydrogen-bond acceptors (Lipinski definition) is 7. The highest BCUT2D eigenvalue weighted by Gasteiger charge is 2.53. The smallest absolute Gasteiger partial charge is 0.254 e. The van der Waals surface area contributed by atoms with E-state index in [9.17, 15) is 9.18 Å². The molecule has 1 spiro atoms. The van der Waals surface area contributed by atoms with Crippen LogP contribution in [0.3, 0.4) is 0 Å². The number of amides is 1. The van der Waals surface area contributed by atoms with Crippen molar-refractivity contribution in [2.75, 3.05) is 51.8 Å². The fourth-order valence-electron chi connectivity index (χ4n) is 6.23. The predicted molar refractivity (Wildman–Crippen MR) is 149 cm³/mol. The number of nitrogens with one attached hydrogen (secondary N) is 1. The Balaban J connectivity index is 1.39. The highest BCUT2D eigenvalue weighted by molar-refractivity contribution is 5.98. The predicted octanol–water partition coefficient (Wildman–Crippen LogP) is 3.99. The second-order valence-electron chi connectivity index (χ2n) is 11.1. The van der Waals surface area contributed by atoms with Gasteiger partial charge in [-0.2, -0.15) is 0 Å². The van der Waals surface area contributed by atoms with E-state index < -0.39 is 5.82 Å². The van der Waals surface area contributed by atoms with E-state index in [4.69, 9.17) is 9.47 Å². The van der Waals surface area contributed by atoms with Gasteiger partial charge >= 0.3 is 0 Å². The lowest BCUT2D eigenvalue weighted by Crippen LogP contribution is -2.46. The van der Waals surface area contributed by atoms with Crippen molar-refractivity contribution in [2.45, 2.75) is 51.2 Å². The van der Waals surface area contributed by atoms with E-state index in [1.165, 1.54) is 17.3 Å². The molecule has 1 aromatic carbocycles. The Morgan fingerprint density at radius 3 is 2.70 bits per heavy atom. The molecule has 9 nitrogen and oxygen atoms in total. The largest absolute Gasteiger partial charge is 0.491 e. The maximum absolute atomic E-state index is 14.3. The second kappa shape index (κ2) is 10.8. The number of hydrogen-bond donors (Lipinski definition) is 1. The number of carbonyl (C=O) groups is 1. The van der Waals surface area contributed by atoms with Gasteiger partial charge in [0.1, 0.15) is 0 Å². The highest BCUT2D eigenvalue weighted by atomic mass is 19.1. The number of pyridine rings is 1. The van der Waals surface area contributed by atoms with Crippen LogP contribution in [0.5, 0.6) is 5.75 Å². The summed E-state index contributed by atoms with van der Waals surface area (Å²) in [6.45, 7) is 9.40. The minimum absolute atomic E-state index is 0.00587. The molecule has 212 valence electrons. The fraction of sp³-hybridized carbons (Fsp3) is 0.500. The van der Waals surface area contributed by atoms with Gasteiger partial charge in [-0.1, -0.05) is 6.07 Å². The molecule has 2 aromatic heterocycles. The van der Waals surface area contributed by atoms with Crippen molar-refractivity contribution in [1.29, 1.82) is 0 Å². The SMILES string of the molecule is CCOc1cc(C(C)N2CC3(CC3)c3c(CN4CCOCC4)cc(Cn4ccnc4NC)cc3C2=O)ncc1F. The number of aromatic nitrogens is 3. The standard InChI is InChI=1S/C30H37FN6O3/c1-4-40-26-15-25(34-16-24(26)31)20(2)37-19-30(5-6-30)27-22(18-35-9-11-39-12-10-35)13-21(14-23(27)28(37)38)17-36-8-7-33-29(36)32-3/h7-8,13-16,20H,4-6,9-12,17-19H2,1-3H3,(H,32,33). The summed E-state index contributed by atoms with van der Waals surface area (Å²) in [5.41, 5.74) is 4.84. The monoisotopic (exact) mass is 548 g/mol. The van der Waals surface area contributed by atoms with E-state index in [2.05, 4.69) is 36.9 Å². The van der Waals surface area contributed by atoms with Crippen LogP contribution < -0.4 is 10.1 Å². The van der Waals surface area contributed by atoms with Gasteiger partial charge in [0.25, 0.3) is 5.91 Å². The Hall–Kier alpha value is -3.50. The molecule has 1 saturated heterocycles. The summed E-state index contributed by atoms with van der Waals surface area (Å²) >= 11 is 0. The average Bonchev–Trinajstić information content (AvgIpc) is 3.59. The number of imidazole rings is 1. The molecule has 1 atom stereocenters. The number of nitrogens with zero attached hydrogens (tertiary/aromatic N) is 5. The summed E-state index contributed by atoms with van der Waals surface area (Å²) in [6.07, 6.45) is 6.99. The third-order valence-corrected chi connectivity index (χ3v) is 8.45. The second-order valence-corrected chi connectivity index (χ2v) is 11.1. The molecule has 1 amide bonds. The van der Waals surface area contributed by atoms with Crippen LogP contribution in [-0.4, -0.2) is 76.7 Å². The number of rotatable bonds is 9. The molecule has 1 aliphatic carbocycles. The molecule has 10 heteroatoms. The molecule has 40 heavy (non-hydrogen) atoms. The van der Waals surface area contributed by atoms with Gasteiger partial charge < -0.3 is 24.3 Å². The first-order valence-corrected chi connectivity index (χ1v) is 14.2. The van der Waals surface area contributed by atoms with Crippen LogP contribution in [0.25, 0.3) is 0 Å². The summed E-state index contributed by atoms with van der Waals surface area (Å²) in [7, 11) is 1.86. The van der Waals surface area contributed by atoms with Crippen molar-refractivity contribution >= 4 is 11.9 Å². The highest BCUT2D eigenvalue weighted by Crippen LogP contribution is 2.55. The molecule has 0 radical (unpaired) electrons. The van der Waals surface area contributed by atoms with Crippen molar-refractivity contribution < 1.29 is 18.7 Å². The summed E-state index contributed by atoms with van der Waals surface area (Å²) < 4.78 is 27.4. The van der Waals surface area contributed by atoms with Crippen LogP contribution in [0.2, 0.25) is 0 Å². The number of morpholine rings is 1. The first-order valence-electron chi connectivity index (χ1n) is 14.2. The molecular weight excluding hydrogens is 511 g/mol. The van der Waals surface area contributed by atoms with Gasteiger partial charge in [0, 0.05) is 62.7 Å². The van der Waals surface area contributed by atoms with E-state index in [1.54, 1.807) is 12.3 Å². The van der Waals surface area contributed by atoms with Gasteiger partial charge in [0.05, 0.1) is 44.3 Å². The maximum atomic E-state index is 14.3. The van der Waals surface area contributed by atoms with Crippen molar-refractivity contribution in [3.63, 3.8) is 0 Å². The minimum Gasteiger partial charge on any atom is -0.491 e. The molecule has 3 aliphatic rings. The molecule has 1 saturated carbocycles. The lowest BCUT2D eigenvalue weighted by atomic mass is 9.81. The zero-order valence-electron chi connectivity index (χ0n) is 23.5. The van der Waals surface area contributed by atoms with Gasteiger partial charge in [-0.05, 0) is 49.4 Å². The number of ether oxygens (including phenoxy) is 2. The van der Waals surface area contributed by atoms with Gasteiger partial charge in [0.15, 0.2) is 11.6 Å². The van der Waals surface area contributed by atoms with E-state index in [-0.39, 0.29) is 23.1 Å². The quantitative estimate of drug-likeness (QED) is 0.433. The van der Waals surface area contributed by atoms with Crippen molar-refractivity contribution in [1.82, 2.24) is 24.3 Å². The van der Waals surface area contributed by atoms with Crippen molar-refractivity contribution in [3.8, 4) is 5.75 Å². The first-order chi connectivity index (χ1) is 19.4. The topological polar surface area (TPSA) is 84.8 Å². The Bertz CT molecular complexity index is 1400. The number of benzene rings is 1. The number of fused-ring (bicyclic) bond motifs is 2. The van der Waals surface area contributed by atoms with Crippen molar-refractivity contribution in [3.05, 3.63) is 70.6 Å². The Labute approximate surface area is 234 Å². The summed E-state index contributed by atoms with van der Waals surface area (Å²) in [4.78, 5) is 27.4. The molecule has 3 aromatic rings. The molecule has 1 unspecified atom stereocenters. The summed E-state index contributed by atoms with van der Waals surface area (Å²) in [5, 5.41) is 3.14. The molecular formula is C30H37FN6O3. The lowest BCUT2D eigenvalue weighted by Gasteiger charge is -2.40. The van der Waals surface area contributed by atoms with Crippen LogP contribution in [0, 0.1) is 5.82 Å². The van der Waals surface area contributed by atoms with Gasteiger partial charge in [-0.15, -0.1) is 0 Å². The zero-order valence-corrected chi connectivity index (χ0v) is 23.5. The van der Waals surface area contributed by atoms with E-state index in [0.717, 1.165) is 62.8 Å². The number of anilines is 1. The van der Waals surface area contributed by atoms with E-state index in [1.807, 2.05) is 32.0 Å². The van der Waals surface area contributed by atoms with Gasteiger partial charge in [-0.25, -0.2) is 9.37 Å². The van der Waals surface area contributed by atoms with Gasteiger partial charge in [0.2, 0.25) is 5.95 Å². The zero-order chi connectivity index (χ0) is 27.9. The maximum Gasteiger partial charge on any atom is 0.254 e. The van der Waals surface area contributed by atoms with E-state index in [0.29, 0.717) is 25.4 Å². The third kappa shape index (κ3) is 4.94. The Kier molecular flexibility index (Phi) is 7.22. The van der Waals surface area contributed by atoms with Crippen molar-refractivity contribution in [2.24, 2.45) is 0 Å². The molecule has 2 fully saturated rings. The number of carbonyl (C=O) groups excluding carboxylic acids is 1. The van der Waals surface area contributed by atoms with E-state index >= 15 is 0 Å². The average molecular weight is 549 g/mol. The van der Waals surface area contributed by atoms with Gasteiger partial charge in [-0.3, -0.25) is 14.7 Å². The first kappa shape index (κ1) is 26.7. The van der Waals surface area contributed by atoms with Crippen LogP contribution in [0.4, 0.5) is 10.3 Å². The molecule has 6 rings (SSSR count). The van der Waals surface area contributed by atoms with Crippen LogP contribution in [-0.2, 0) is 23.2 Å². The molecule has 2 aliphatic heterocycles. The molecule has 0 bridgehead atoms. The Morgan fingerprint density at radius 2 is 1.98 bits per heavy atom. The third-order valence-electron chi connectivity index (χ3n) is 8.45. The molecule has 1 N–H and O–H groups in total. The fourth-order valence-corrected chi connectivity index (χ4v) is 6.23. The Morgan fingerprint density at radius 1 is 1.18 bits per heavy atom. The summed E-state index contributed by atoms with van der Waals surface area (Å²) in [5.74, 6) is 0.444. The van der Waals surface area contributed by atoms with Crippen LogP contribution in [0.15, 0.2) is 36.8 Å². The lowest BCUT2D eigenvalue weighted by molar-refractivity contribution is 0.0337. The van der Waals surface area contributed by atoms with Crippen LogP contribution >= 0.6 is 0 Å². The minimum atomic E-state index is -0.496. The number of halogens is 1. The normalized spacial score (nSPS) is 19.0. The van der Waals surface area contributed by atoms with Crippen LogP contribution in [0.1, 0.15) is 65.5 Å².